The molecule has 1 saturated heterocycles. The van der Waals surface area contributed by atoms with Gasteiger partial charge in [0.05, 0.1) is 13.0 Å². The SMILES string of the molecule is COC(=O)[C@H](Cc1ccccc1)C1CCCCN1C(=O)OC(C)(C)C. The Labute approximate surface area is 150 Å². The number of esters is 1. The highest BCUT2D eigenvalue weighted by Gasteiger charge is 2.39. The third-order valence-corrected chi connectivity index (χ3v) is 4.44. The van der Waals surface area contributed by atoms with Crippen LogP contribution in [-0.2, 0) is 20.7 Å². The summed E-state index contributed by atoms with van der Waals surface area (Å²) in [4.78, 5) is 26.8. The second-order valence-corrected chi connectivity index (χ2v) is 7.56. The van der Waals surface area contributed by atoms with Crippen LogP contribution in [0.2, 0.25) is 0 Å². The molecule has 1 unspecified atom stereocenters. The maximum atomic E-state index is 12.6. The Morgan fingerprint density at radius 1 is 1.20 bits per heavy atom. The van der Waals surface area contributed by atoms with Crippen molar-refractivity contribution in [3.63, 3.8) is 0 Å². The quantitative estimate of drug-likeness (QED) is 0.777. The van der Waals surface area contributed by atoms with Gasteiger partial charge in [0.2, 0.25) is 0 Å². The van der Waals surface area contributed by atoms with Gasteiger partial charge in [-0.05, 0) is 52.0 Å². The molecule has 1 aliphatic heterocycles. The molecule has 0 spiro atoms. The average molecular weight is 347 g/mol. The zero-order valence-electron chi connectivity index (χ0n) is 15.7. The lowest BCUT2D eigenvalue weighted by atomic mass is 9.86. The highest BCUT2D eigenvalue weighted by Crippen LogP contribution is 2.28. The van der Waals surface area contributed by atoms with Gasteiger partial charge >= 0.3 is 12.1 Å². The third-order valence-electron chi connectivity index (χ3n) is 4.44. The number of likely N-dealkylation sites (tertiary alicyclic amines) is 1. The van der Waals surface area contributed by atoms with Gasteiger partial charge in [-0.1, -0.05) is 30.3 Å². The first-order valence-corrected chi connectivity index (χ1v) is 8.93. The van der Waals surface area contributed by atoms with E-state index in [1.165, 1.54) is 7.11 Å². The molecule has 0 radical (unpaired) electrons. The molecule has 1 aliphatic rings. The molecule has 2 atom stereocenters. The number of nitrogens with zero attached hydrogens (tertiary/aromatic N) is 1. The van der Waals surface area contributed by atoms with E-state index in [0.717, 1.165) is 24.8 Å². The van der Waals surface area contributed by atoms with Gasteiger partial charge in [0.1, 0.15) is 5.60 Å². The van der Waals surface area contributed by atoms with E-state index in [0.29, 0.717) is 13.0 Å². The fourth-order valence-electron chi connectivity index (χ4n) is 3.32. The number of methoxy groups -OCH3 is 1. The van der Waals surface area contributed by atoms with Crippen LogP contribution >= 0.6 is 0 Å². The van der Waals surface area contributed by atoms with Gasteiger partial charge in [-0.2, -0.15) is 0 Å². The van der Waals surface area contributed by atoms with Crippen LogP contribution in [0.25, 0.3) is 0 Å². The van der Waals surface area contributed by atoms with Crippen molar-refractivity contribution in [2.24, 2.45) is 5.92 Å². The summed E-state index contributed by atoms with van der Waals surface area (Å²) in [5.74, 6) is -0.662. The Morgan fingerprint density at radius 3 is 2.48 bits per heavy atom. The zero-order valence-corrected chi connectivity index (χ0v) is 15.7. The maximum Gasteiger partial charge on any atom is 0.410 e. The third kappa shape index (κ3) is 5.48. The first-order valence-electron chi connectivity index (χ1n) is 8.93. The molecule has 2 rings (SSSR count). The number of piperidine rings is 1. The molecule has 0 N–H and O–H groups in total. The number of hydrogen-bond acceptors (Lipinski definition) is 4. The van der Waals surface area contributed by atoms with E-state index in [1.54, 1.807) is 4.90 Å². The van der Waals surface area contributed by atoms with Gasteiger partial charge < -0.3 is 14.4 Å². The monoisotopic (exact) mass is 347 g/mol. The van der Waals surface area contributed by atoms with Crippen molar-refractivity contribution < 1.29 is 19.1 Å². The van der Waals surface area contributed by atoms with Crippen LogP contribution in [0.5, 0.6) is 0 Å². The van der Waals surface area contributed by atoms with Crippen molar-refractivity contribution >= 4 is 12.1 Å². The predicted octanol–water partition coefficient (Wildman–Crippen LogP) is 3.81. The number of ether oxygens (including phenoxy) is 2. The molecule has 0 aromatic heterocycles. The maximum absolute atomic E-state index is 12.6. The molecule has 138 valence electrons. The normalized spacial score (nSPS) is 19.2. The van der Waals surface area contributed by atoms with Crippen molar-refractivity contribution in [2.75, 3.05) is 13.7 Å². The van der Waals surface area contributed by atoms with Crippen LogP contribution in [-0.4, -0.2) is 42.3 Å². The van der Waals surface area contributed by atoms with E-state index >= 15 is 0 Å². The number of rotatable bonds is 4. The molecule has 1 amide bonds. The smallest absolute Gasteiger partial charge is 0.410 e. The summed E-state index contributed by atoms with van der Waals surface area (Å²) in [5, 5.41) is 0. The van der Waals surface area contributed by atoms with Crippen molar-refractivity contribution in [2.45, 2.75) is 58.1 Å². The molecule has 5 heteroatoms. The predicted molar refractivity (Wildman–Crippen MR) is 96.2 cm³/mol. The molecule has 0 saturated carbocycles. The molecular formula is C20H29NO4. The summed E-state index contributed by atoms with van der Waals surface area (Å²) >= 11 is 0. The number of benzene rings is 1. The lowest BCUT2D eigenvalue weighted by molar-refractivity contribution is -0.148. The van der Waals surface area contributed by atoms with Gasteiger partial charge in [0.25, 0.3) is 0 Å². The number of carbonyl (C=O) groups is 2. The topological polar surface area (TPSA) is 55.8 Å². The minimum absolute atomic E-state index is 0.198. The lowest BCUT2D eigenvalue weighted by Crippen LogP contribution is -2.51. The lowest BCUT2D eigenvalue weighted by Gasteiger charge is -2.39. The summed E-state index contributed by atoms with van der Waals surface area (Å²) in [7, 11) is 1.40. The van der Waals surface area contributed by atoms with E-state index in [1.807, 2.05) is 51.1 Å². The first kappa shape index (κ1) is 19.3. The molecule has 5 nitrogen and oxygen atoms in total. The van der Waals surface area contributed by atoms with E-state index < -0.39 is 5.60 Å². The molecule has 1 aromatic carbocycles. The molecule has 1 heterocycles. The summed E-state index contributed by atoms with van der Waals surface area (Å²) in [5.41, 5.74) is 0.506. The molecule has 25 heavy (non-hydrogen) atoms. The van der Waals surface area contributed by atoms with Gasteiger partial charge in [-0.15, -0.1) is 0 Å². The molecule has 0 bridgehead atoms. The second kappa shape index (κ2) is 8.37. The zero-order chi connectivity index (χ0) is 18.4. The molecule has 1 aromatic rings. The fraction of sp³-hybridized carbons (Fsp3) is 0.600. The van der Waals surface area contributed by atoms with Crippen molar-refractivity contribution in [1.29, 1.82) is 0 Å². The van der Waals surface area contributed by atoms with E-state index in [2.05, 4.69) is 0 Å². The Morgan fingerprint density at radius 2 is 1.88 bits per heavy atom. The van der Waals surface area contributed by atoms with E-state index in [9.17, 15) is 9.59 Å². The number of carbonyl (C=O) groups excluding carboxylic acids is 2. The highest BCUT2D eigenvalue weighted by atomic mass is 16.6. The Bertz CT molecular complexity index is 579. The van der Waals surface area contributed by atoms with Crippen LogP contribution in [0.15, 0.2) is 30.3 Å². The van der Waals surface area contributed by atoms with Gasteiger partial charge in [-0.3, -0.25) is 4.79 Å². The van der Waals surface area contributed by atoms with Crippen LogP contribution in [0.1, 0.15) is 45.6 Å². The highest BCUT2D eigenvalue weighted by molar-refractivity contribution is 5.75. The fourth-order valence-corrected chi connectivity index (χ4v) is 3.32. The van der Waals surface area contributed by atoms with E-state index in [-0.39, 0.29) is 24.0 Å². The summed E-state index contributed by atoms with van der Waals surface area (Å²) < 4.78 is 10.6. The standard InChI is InChI=1S/C20H29NO4/c1-20(2,3)25-19(23)21-13-9-8-12-17(21)16(18(22)24-4)14-15-10-6-5-7-11-15/h5-7,10-11,16-17H,8-9,12-14H2,1-4H3/t16-,17?/m1/s1. The summed E-state index contributed by atoms with van der Waals surface area (Å²) in [6.45, 7) is 6.17. The Kier molecular flexibility index (Phi) is 6.45. The minimum atomic E-state index is -0.556. The number of amides is 1. The van der Waals surface area contributed by atoms with Crippen LogP contribution in [0.4, 0.5) is 4.79 Å². The van der Waals surface area contributed by atoms with Crippen molar-refractivity contribution in [3.05, 3.63) is 35.9 Å². The summed E-state index contributed by atoms with van der Waals surface area (Å²) in [6, 6.07) is 9.65. The average Bonchev–Trinajstić information content (AvgIpc) is 2.58. The largest absolute Gasteiger partial charge is 0.469 e. The van der Waals surface area contributed by atoms with E-state index in [4.69, 9.17) is 9.47 Å². The minimum Gasteiger partial charge on any atom is -0.469 e. The van der Waals surface area contributed by atoms with Crippen LogP contribution in [0.3, 0.4) is 0 Å². The molecular weight excluding hydrogens is 318 g/mol. The van der Waals surface area contributed by atoms with Gasteiger partial charge in [0.15, 0.2) is 0 Å². The van der Waals surface area contributed by atoms with Gasteiger partial charge in [0, 0.05) is 12.6 Å². The Hall–Kier alpha value is -2.04. The second-order valence-electron chi connectivity index (χ2n) is 7.56. The first-order chi connectivity index (χ1) is 11.8. The number of hydrogen-bond donors (Lipinski definition) is 0. The van der Waals surface area contributed by atoms with Crippen molar-refractivity contribution in [1.82, 2.24) is 4.90 Å². The molecule has 1 fully saturated rings. The van der Waals surface area contributed by atoms with Crippen LogP contribution in [0, 0.1) is 5.92 Å². The van der Waals surface area contributed by atoms with Crippen molar-refractivity contribution in [3.8, 4) is 0 Å². The van der Waals surface area contributed by atoms with Crippen LogP contribution < -0.4 is 0 Å². The van der Waals surface area contributed by atoms with Gasteiger partial charge in [-0.25, -0.2) is 4.79 Å². The Balaban J connectivity index is 2.22. The molecule has 0 aliphatic carbocycles. The summed E-state index contributed by atoms with van der Waals surface area (Å²) in [6.07, 6.45) is 2.91.